The molecule has 0 bridgehead atoms. The van der Waals surface area contributed by atoms with Gasteiger partial charge in [0.05, 0.1) is 19.3 Å². The molecule has 1 aromatic carbocycles. The van der Waals surface area contributed by atoms with Gasteiger partial charge in [0.2, 0.25) is 0 Å². The number of nitrogens with zero attached hydrogens (tertiary/aromatic N) is 3. The Morgan fingerprint density at radius 3 is 2.71 bits per heavy atom. The molecule has 2 aromatic heterocycles. The van der Waals surface area contributed by atoms with Gasteiger partial charge in [-0.15, -0.1) is 24.0 Å². The molecule has 28 heavy (non-hydrogen) atoms. The van der Waals surface area contributed by atoms with Crippen LogP contribution in [0.3, 0.4) is 0 Å². The zero-order chi connectivity index (χ0) is 19.2. The SMILES string of the molecule is CN=C(NCCc1ccc(C)c(OC)c1)NCc1cn2c(C)cccc2n1.I. The lowest BCUT2D eigenvalue weighted by Crippen LogP contribution is -2.37. The van der Waals surface area contributed by atoms with Crippen LogP contribution in [-0.2, 0) is 13.0 Å². The second kappa shape index (κ2) is 10.3. The number of halogens is 1. The van der Waals surface area contributed by atoms with Gasteiger partial charge in [-0.1, -0.05) is 18.2 Å². The Morgan fingerprint density at radius 1 is 1.18 bits per heavy atom. The minimum absolute atomic E-state index is 0. The lowest BCUT2D eigenvalue weighted by Gasteiger charge is -2.12. The molecule has 7 heteroatoms. The molecule has 0 aliphatic carbocycles. The van der Waals surface area contributed by atoms with Gasteiger partial charge in [-0.2, -0.15) is 0 Å². The third kappa shape index (κ3) is 5.37. The second-order valence-electron chi connectivity index (χ2n) is 6.53. The van der Waals surface area contributed by atoms with Crippen LogP contribution in [-0.4, -0.2) is 36.0 Å². The van der Waals surface area contributed by atoms with E-state index in [1.165, 1.54) is 11.3 Å². The second-order valence-corrected chi connectivity index (χ2v) is 6.53. The van der Waals surface area contributed by atoms with Crippen molar-refractivity contribution in [2.75, 3.05) is 20.7 Å². The number of rotatable bonds is 6. The van der Waals surface area contributed by atoms with E-state index in [9.17, 15) is 0 Å². The maximum absolute atomic E-state index is 5.39. The van der Waals surface area contributed by atoms with Gasteiger partial charge in [-0.25, -0.2) is 4.98 Å². The topological polar surface area (TPSA) is 63.0 Å². The number of guanidine groups is 1. The molecule has 0 saturated heterocycles. The van der Waals surface area contributed by atoms with E-state index in [4.69, 9.17) is 4.74 Å². The van der Waals surface area contributed by atoms with Crippen molar-refractivity contribution < 1.29 is 4.74 Å². The van der Waals surface area contributed by atoms with Gasteiger partial charge in [0.1, 0.15) is 11.4 Å². The average Bonchev–Trinajstić information content (AvgIpc) is 3.10. The summed E-state index contributed by atoms with van der Waals surface area (Å²) in [6.07, 6.45) is 2.95. The molecule has 3 rings (SSSR count). The minimum Gasteiger partial charge on any atom is -0.496 e. The van der Waals surface area contributed by atoms with Crippen LogP contribution in [0, 0.1) is 13.8 Å². The summed E-state index contributed by atoms with van der Waals surface area (Å²) in [5.74, 6) is 1.69. The van der Waals surface area contributed by atoms with Crippen molar-refractivity contribution in [3.8, 4) is 5.75 Å². The Kier molecular flexibility index (Phi) is 8.10. The first-order chi connectivity index (χ1) is 13.1. The Labute approximate surface area is 183 Å². The number of pyridine rings is 1. The fraction of sp³-hybridized carbons (Fsp3) is 0.333. The molecule has 0 fully saturated rings. The predicted octanol–water partition coefficient (Wildman–Crippen LogP) is 3.49. The van der Waals surface area contributed by atoms with Crippen molar-refractivity contribution >= 4 is 35.6 Å². The van der Waals surface area contributed by atoms with Crippen molar-refractivity contribution in [1.82, 2.24) is 20.0 Å². The molecule has 2 N–H and O–H groups in total. The zero-order valence-corrected chi connectivity index (χ0v) is 19.2. The molecule has 0 atom stereocenters. The highest BCUT2D eigenvalue weighted by atomic mass is 127. The van der Waals surface area contributed by atoms with E-state index in [0.29, 0.717) is 6.54 Å². The van der Waals surface area contributed by atoms with Crippen molar-refractivity contribution in [2.45, 2.75) is 26.8 Å². The third-order valence-electron chi connectivity index (χ3n) is 4.58. The number of nitrogens with one attached hydrogen (secondary N) is 2. The molecular weight excluding hydrogens is 465 g/mol. The maximum Gasteiger partial charge on any atom is 0.191 e. The number of fused-ring (bicyclic) bond motifs is 1. The van der Waals surface area contributed by atoms with Crippen molar-refractivity contribution in [3.63, 3.8) is 0 Å². The summed E-state index contributed by atoms with van der Waals surface area (Å²) < 4.78 is 7.48. The van der Waals surface area contributed by atoms with Crippen LogP contribution in [0.4, 0.5) is 0 Å². The van der Waals surface area contributed by atoms with Crippen LogP contribution < -0.4 is 15.4 Å². The molecule has 0 spiro atoms. The van der Waals surface area contributed by atoms with E-state index >= 15 is 0 Å². The zero-order valence-electron chi connectivity index (χ0n) is 16.8. The number of aromatic nitrogens is 2. The highest BCUT2D eigenvalue weighted by Gasteiger charge is 2.05. The van der Waals surface area contributed by atoms with Gasteiger partial charge >= 0.3 is 0 Å². The van der Waals surface area contributed by atoms with Gasteiger partial charge < -0.3 is 19.8 Å². The Bertz CT molecular complexity index is 951. The molecule has 150 valence electrons. The third-order valence-corrected chi connectivity index (χ3v) is 4.58. The fourth-order valence-electron chi connectivity index (χ4n) is 3.02. The first-order valence-electron chi connectivity index (χ1n) is 9.12. The van der Waals surface area contributed by atoms with Crippen LogP contribution in [0.2, 0.25) is 0 Å². The van der Waals surface area contributed by atoms with E-state index in [1.54, 1.807) is 14.2 Å². The molecule has 0 aliphatic heterocycles. The van der Waals surface area contributed by atoms with E-state index in [-0.39, 0.29) is 24.0 Å². The van der Waals surface area contributed by atoms with Crippen LogP contribution in [0.1, 0.15) is 22.5 Å². The number of hydrogen-bond acceptors (Lipinski definition) is 3. The van der Waals surface area contributed by atoms with Crippen LogP contribution in [0.25, 0.3) is 5.65 Å². The summed E-state index contributed by atoms with van der Waals surface area (Å²) in [7, 11) is 3.48. The van der Waals surface area contributed by atoms with Crippen LogP contribution in [0.5, 0.6) is 5.75 Å². The summed E-state index contributed by atoms with van der Waals surface area (Å²) in [5.41, 5.74) is 5.49. The van der Waals surface area contributed by atoms with E-state index in [2.05, 4.69) is 62.4 Å². The van der Waals surface area contributed by atoms with Gasteiger partial charge in [0, 0.05) is 25.5 Å². The smallest absolute Gasteiger partial charge is 0.191 e. The van der Waals surface area contributed by atoms with Crippen molar-refractivity contribution in [1.29, 1.82) is 0 Å². The molecule has 0 aliphatic rings. The van der Waals surface area contributed by atoms with Gasteiger partial charge in [0.15, 0.2) is 5.96 Å². The molecule has 6 nitrogen and oxygen atoms in total. The van der Waals surface area contributed by atoms with Crippen LogP contribution >= 0.6 is 24.0 Å². The summed E-state index contributed by atoms with van der Waals surface area (Å²) >= 11 is 0. The monoisotopic (exact) mass is 493 g/mol. The molecular formula is C21H28IN5O. The highest BCUT2D eigenvalue weighted by molar-refractivity contribution is 14.0. The molecule has 2 heterocycles. The summed E-state index contributed by atoms with van der Waals surface area (Å²) in [4.78, 5) is 8.93. The van der Waals surface area contributed by atoms with Gasteiger partial charge in [0.25, 0.3) is 0 Å². The van der Waals surface area contributed by atoms with Gasteiger partial charge in [-0.3, -0.25) is 4.99 Å². The standard InChI is InChI=1S/C21H27N5O.HI/c1-15-8-9-17(12-19(15)27-4)10-11-23-21(22-3)24-13-18-14-26-16(2)6-5-7-20(26)25-18;/h5-9,12,14H,10-11,13H2,1-4H3,(H2,22,23,24);1H. The average molecular weight is 493 g/mol. The summed E-state index contributed by atoms with van der Waals surface area (Å²) in [5, 5.41) is 6.67. The summed E-state index contributed by atoms with van der Waals surface area (Å²) in [6, 6.07) is 12.4. The maximum atomic E-state index is 5.39. The van der Waals surface area contributed by atoms with Crippen molar-refractivity contribution in [2.24, 2.45) is 4.99 Å². The Morgan fingerprint density at radius 2 is 2.00 bits per heavy atom. The molecule has 0 saturated carbocycles. The fourth-order valence-corrected chi connectivity index (χ4v) is 3.02. The predicted molar refractivity (Wildman–Crippen MR) is 125 cm³/mol. The number of ether oxygens (including phenoxy) is 1. The van der Waals surface area contributed by atoms with E-state index < -0.39 is 0 Å². The molecule has 3 aromatic rings. The number of aliphatic imine (C=N–C) groups is 1. The number of methoxy groups -OCH3 is 1. The summed E-state index contributed by atoms with van der Waals surface area (Å²) in [6.45, 7) is 5.54. The largest absolute Gasteiger partial charge is 0.496 e. The highest BCUT2D eigenvalue weighted by Crippen LogP contribution is 2.19. The van der Waals surface area contributed by atoms with Gasteiger partial charge in [-0.05, 0) is 49.6 Å². The number of imidazole rings is 1. The Hall–Kier alpha value is -2.29. The lowest BCUT2D eigenvalue weighted by molar-refractivity contribution is 0.411. The lowest BCUT2D eigenvalue weighted by atomic mass is 10.1. The molecule has 0 radical (unpaired) electrons. The quantitative estimate of drug-likeness (QED) is 0.314. The molecule has 0 amide bonds. The molecule has 0 unspecified atom stereocenters. The first-order valence-corrected chi connectivity index (χ1v) is 9.12. The Balaban J connectivity index is 0.00000280. The number of hydrogen-bond donors (Lipinski definition) is 2. The number of aryl methyl sites for hydroxylation is 2. The first kappa shape index (κ1) is 22.0. The number of benzene rings is 1. The minimum atomic E-state index is 0. The van der Waals surface area contributed by atoms with E-state index in [0.717, 1.165) is 41.6 Å². The van der Waals surface area contributed by atoms with Crippen LogP contribution in [0.15, 0.2) is 47.6 Å². The normalized spacial score (nSPS) is 11.2. The van der Waals surface area contributed by atoms with E-state index in [1.807, 2.05) is 19.1 Å². The van der Waals surface area contributed by atoms with Crippen molar-refractivity contribution in [3.05, 3.63) is 65.1 Å².